The molecule has 1 atom stereocenters. The van der Waals surface area contributed by atoms with Crippen molar-refractivity contribution in [2.75, 3.05) is 7.11 Å². The lowest BCUT2D eigenvalue weighted by Gasteiger charge is -2.08. The number of rotatable bonds is 4. The van der Waals surface area contributed by atoms with E-state index in [0.717, 1.165) is 5.37 Å². The van der Waals surface area contributed by atoms with Crippen molar-refractivity contribution in [1.29, 1.82) is 0 Å². The van der Waals surface area contributed by atoms with Gasteiger partial charge >= 0.3 is 0 Å². The topological polar surface area (TPSA) is 63.6 Å². The minimum Gasteiger partial charge on any atom is -0.497 e. The number of ether oxygens (including phenoxy) is 1. The molecular formula is C9H10O4S2. The molecule has 0 aliphatic heterocycles. The smallest absolute Gasteiger partial charge is 0.276 e. The monoisotopic (exact) mass is 246 g/mol. The number of hydrogen-bond donors (Lipinski definition) is 1. The molecule has 0 aliphatic carbocycles. The molecule has 1 aromatic rings. The molecule has 0 spiro atoms. The van der Waals surface area contributed by atoms with Gasteiger partial charge in [-0.2, -0.15) is 8.42 Å². The van der Waals surface area contributed by atoms with Crippen LogP contribution < -0.4 is 4.74 Å². The lowest BCUT2D eigenvalue weighted by molar-refractivity contribution is 0.414. The van der Waals surface area contributed by atoms with Crippen LogP contribution in [0.2, 0.25) is 0 Å². The van der Waals surface area contributed by atoms with Crippen LogP contribution in [0.3, 0.4) is 0 Å². The van der Waals surface area contributed by atoms with Crippen LogP contribution in [0.25, 0.3) is 0 Å². The van der Waals surface area contributed by atoms with Gasteiger partial charge in [0.1, 0.15) is 11.0 Å². The molecule has 0 saturated carbocycles. The second kappa shape index (κ2) is 4.69. The first kappa shape index (κ1) is 12.1. The van der Waals surface area contributed by atoms with E-state index in [1.54, 1.807) is 24.3 Å². The zero-order valence-corrected chi connectivity index (χ0v) is 9.59. The Bertz CT molecular complexity index is 436. The molecular weight excluding hydrogens is 236 g/mol. The summed E-state index contributed by atoms with van der Waals surface area (Å²) in [5.41, 5.74) is 0.410. The molecule has 0 heterocycles. The molecule has 0 fully saturated rings. The number of hydrogen-bond acceptors (Lipinski definition) is 4. The highest BCUT2D eigenvalue weighted by atomic mass is 32.2. The Morgan fingerprint density at radius 2 is 1.93 bits per heavy atom. The largest absolute Gasteiger partial charge is 0.497 e. The Kier molecular flexibility index (Phi) is 3.78. The predicted molar refractivity (Wildman–Crippen MR) is 60.9 cm³/mol. The fraction of sp³-hybridized carbons (Fsp3) is 0.222. The third-order valence-electron chi connectivity index (χ3n) is 1.89. The third kappa shape index (κ3) is 2.98. The van der Waals surface area contributed by atoms with E-state index in [2.05, 4.69) is 12.2 Å². The summed E-state index contributed by atoms with van der Waals surface area (Å²) in [5, 5.41) is -0.157. The molecule has 1 unspecified atom stereocenters. The van der Waals surface area contributed by atoms with Crippen molar-refractivity contribution < 1.29 is 17.7 Å². The maximum Gasteiger partial charge on any atom is 0.276 e. The van der Waals surface area contributed by atoms with Crippen LogP contribution in [-0.4, -0.2) is 25.4 Å². The highest BCUT2D eigenvalue weighted by molar-refractivity contribution is 7.89. The summed E-state index contributed by atoms with van der Waals surface area (Å²) in [5.74, 6) is 0.609. The lowest BCUT2D eigenvalue weighted by Crippen LogP contribution is -2.12. The first-order chi connectivity index (χ1) is 6.99. The molecule has 4 nitrogen and oxygen atoms in total. The first-order valence-electron chi connectivity index (χ1n) is 4.04. The summed E-state index contributed by atoms with van der Waals surface area (Å²) in [6.07, 6.45) is 0. The molecule has 0 amide bonds. The van der Waals surface area contributed by atoms with Crippen LogP contribution in [0.4, 0.5) is 0 Å². The van der Waals surface area contributed by atoms with Gasteiger partial charge in [-0.25, -0.2) is 0 Å². The van der Waals surface area contributed by atoms with Crippen LogP contribution in [0.1, 0.15) is 10.8 Å². The molecule has 6 heteroatoms. The van der Waals surface area contributed by atoms with Crippen LogP contribution in [0, 0.1) is 0 Å². The van der Waals surface area contributed by atoms with Crippen molar-refractivity contribution >= 4 is 27.7 Å². The van der Waals surface area contributed by atoms with Gasteiger partial charge in [-0.15, -0.1) is 0 Å². The normalized spacial score (nSPS) is 13.2. The van der Waals surface area contributed by atoms with Gasteiger partial charge in [0.15, 0.2) is 0 Å². The van der Waals surface area contributed by atoms with E-state index in [1.165, 1.54) is 7.11 Å². The lowest BCUT2D eigenvalue weighted by atomic mass is 10.1. The van der Waals surface area contributed by atoms with Crippen LogP contribution in [0.5, 0.6) is 5.75 Å². The Labute approximate surface area is 93.6 Å². The van der Waals surface area contributed by atoms with E-state index in [1.807, 2.05) is 0 Å². The first-order valence-corrected chi connectivity index (χ1v) is 6.02. The summed E-state index contributed by atoms with van der Waals surface area (Å²) < 4.78 is 35.7. The van der Waals surface area contributed by atoms with Crippen molar-refractivity contribution in [2.24, 2.45) is 0 Å². The standard InChI is InChI=1S/C9H10O4S2/c1-13-8-4-2-7(3-5-8)9(6-14)15(10,11)12/h2-6,9H,1H3,(H,10,11,12). The highest BCUT2D eigenvalue weighted by Crippen LogP contribution is 2.22. The Morgan fingerprint density at radius 1 is 1.40 bits per heavy atom. The van der Waals surface area contributed by atoms with Crippen molar-refractivity contribution in [3.8, 4) is 5.75 Å². The SMILES string of the molecule is COc1ccc(C(C=S)S(=O)(=O)O)cc1. The minimum atomic E-state index is -4.19. The van der Waals surface area contributed by atoms with Gasteiger partial charge < -0.3 is 4.74 Å². The Hall–Kier alpha value is -0.980. The average molecular weight is 246 g/mol. The highest BCUT2D eigenvalue weighted by Gasteiger charge is 2.22. The van der Waals surface area contributed by atoms with Crippen molar-refractivity contribution in [3.63, 3.8) is 0 Å². The minimum absolute atomic E-state index is 0.410. The van der Waals surface area contributed by atoms with Gasteiger partial charge in [0.05, 0.1) is 7.11 Å². The van der Waals surface area contributed by atoms with E-state index >= 15 is 0 Å². The van der Waals surface area contributed by atoms with Gasteiger partial charge in [0.25, 0.3) is 10.1 Å². The predicted octanol–water partition coefficient (Wildman–Crippen LogP) is 1.62. The summed E-state index contributed by atoms with van der Waals surface area (Å²) in [6.45, 7) is 0. The number of methoxy groups -OCH3 is 1. The van der Waals surface area contributed by atoms with Crippen molar-refractivity contribution in [1.82, 2.24) is 0 Å². The molecule has 1 aromatic carbocycles. The van der Waals surface area contributed by atoms with Gasteiger partial charge in [0.2, 0.25) is 0 Å². The summed E-state index contributed by atoms with van der Waals surface area (Å²) in [6, 6.07) is 6.29. The Balaban J connectivity index is 3.09. The molecule has 0 aliphatic rings. The van der Waals surface area contributed by atoms with Crippen LogP contribution >= 0.6 is 12.2 Å². The molecule has 1 N–H and O–H groups in total. The van der Waals surface area contributed by atoms with Gasteiger partial charge in [-0.3, -0.25) is 4.55 Å². The Morgan fingerprint density at radius 3 is 2.27 bits per heavy atom. The summed E-state index contributed by atoms with van der Waals surface area (Å²) in [4.78, 5) is 0. The molecule has 0 aromatic heterocycles. The zero-order valence-electron chi connectivity index (χ0n) is 7.95. The fourth-order valence-electron chi connectivity index (χ4n) is 1.11. The van der Waals surface area contributed by atoms with Crippen LogP contribution in [0.15, 0.2) is 24.3 Å². The quantitative estimate of drug-likeness (QED) is 0.646. The molecule has 0 bridgehead atoms. The zero-order chi connectivity index (χ0) is 11.5. The van der Waals surface area contributed by atoms with Gasteiger partial charge in [-0.05, 0) is 17.7 Å². The molecule has 82 valence electrons. The third-order valence-corrected chi connectivity index (χ3v) is 3.38. The molecule has 0 saturated heterocycles. The average Bonchev–Trinajstić information content (AvgIpc) is 2.18. The number of benzene rings is 1. The molecule has 1 rings (SSSR count). The molecule has 15 heavy (non-hydrogen) atoms. The fourth-order valence-corrected chi connectivity index (χ4v) is 2.33. The summed E-state index contributed by atoms with van der Waals surface area (Å²) in [7, 11) is -2.68. The van der Waals surface area contributed by atoms with Gasteiger partial charge in [0, 0.05) is 5.37 Å². The second-order valence-corrected chi connectivity index (χ2v) is 4.65. The van der Waals surface area contributed by atoms with Crippen molar-refractivity contribution in [3.05, 3.63) is 29.8 Å². The van der Waals surface area contributed by atoms with E-state index in [9.17, 15) is 8.42 Å². The summed E-state index contributed by atoms with van der Waals surface area (Å²) >= 11 is 4.57. The second-order valence-electron chi connectivity index (χ2n) is 2.84. The van der Waals surface area contributed by atoms with E-state index in [-0.39, 0.29) is 0 Å². The maximum absolute atomic E-state index is 10.9. The van der Waals surface area contributed by atoms with E-state index < -0.39 is 15.4 Å². The van der Waals surface area contributed by atoms with Crippen molar-refractivity contribution in [2.45, 2.75) is 5.25 Å². The maximum atomic E-state index is 10.9. The van der Waals surface area contributed by atoms with Gasteiger partial charge in [-0.1, -0.05) is 24.4 Å². The van der Waals surface area contributed by atoms with E-state index in [0.29, 0.717) is 11.3 Å². The van der Waals surface area contributed by atoms with E-state index in [4.69, 9.17) is 9.29 Å². The molecule has 0 radical (unpaired) electrons. The van der Waals surface area contributed by atoms with Crippen LogP contribution in [-0.2, 0) is 10.1 Å². The number of thiocarbonyl (C=S) groups is 1.